The van der Waals surface area contributed by atoms with Gasteiger partial charge >= 0.3 is 0 Å². The molecule has 1 unspecified atom stereocenters. The lowest BCUT2D eigenvalue weighted by Gasteiger charge is -2.28. The van der Waals surface area contributed by atoms with E-state index in [1.54, 1.807) is 4.57 Å². The minimum absolute atomic E-state index is 0.0337. The summed E-state index contributed by atoms with van der Waals surface area (Å²) in [5, 5.41) is 0.764. The van der Waals surface area contributed by atoms with E-state index < -0.39 is 0 Å². The van der Waals surface area contributed by atoms with Crippen LogP contribution < -0.4 is 5.56 Å². The number of fused-ring (bicyclic) bond motifs is 1. The molecule has 114 valence electrons. The lowest BCUT2D eigenvalue weighted by molar-refractivity contribution is -0.134. The van der Waals surface area contributed by atoms with E-state index in [1.807, 2.05) is 18.7 Å². The monoisotopic (exact) mass is 307 g/mol. The van der Waals surface area contributed by atoms with Crippen LogP contribution in [0.5, 0.6) is 0 Å². The topological polar surface area (TPSA) is 55.2 Å². The molecule has 0 bridgehead atoms. The van der Waals surface area contributed by atoms with E-state index >= 15 is 0 Å². The van der Waals surface area contributed by atoms with Gasteiger partial charge in [0.15, 0.2) is 5.16 Å². The minimum atomic E-state index is -0.0903. The molecule has 2 aliphatic heterocycles. The van der Waals surface area contributed by atoms with Gasteiger partial charge in [0, 0.05) is 36.6 Å². The van der Waals surface area contributed by atoms with Crippen LogP contribution in [0.3, 0.4) is 0 Å². The van der Waals surface area contributed by atoms with Crippen LogP contribution in [-0.4, -0.2) is 39.2 Å². The normalized spacial score (nSPS) is 21.4. The van der Waals surface area contributed by atoms with E-state index in [4.69, 9.17) is 0 Å². The van der Waals surface area contributed by atoms with Crippen LogP contribution in [-0.2, 0) is 17.8 Å². The molecular weight excluding hydrogens is 286 g/mol. The van der Waals surface area contributed by atoms with E-state index in [0.29, 0.717) is 13.0 Å². The van der Waals surface area contributed by atoms with Gasteiger partial charge in [0.1, 0.15) is 0 Å². The van der Waals surface area contributed by atoms with Crippen molar-refractivity contribution in [2.45, 2.75) is 44.8 Å². The highest BCUT2D eigenvalue weighted by molar-refractivity contribution is 7.99. The summed E-state index contributed by atoms with van der Waals surface area (Å²) in [6, 6.07) is 0. The molecule has 0 spiro atoms. The highest BCUT2D eigenvalue weighted by atomic mass is 32.2. The Bertz CT molecular complexity index is 620. The first-order valence-electron chi connectivity index (χ1n) is 7.63. The molecule has 0 radical (unpaired) electrons. The summed E-state index contributed by atoms with van der Waals surface area (Å²) in [5.41, 5.74) is 1.63. The summed E-state index contributed by atoms with van der Waals surface area (Å²) >= 11 is 1.54. The first-order chi connectivity index (χ1) is 10.1. The van der Waals surface area contributed by atoms with Gasteiger partial charge in [-0.2, -0.15) is 0 Å². The van der Waals surface area contributed by atoms with Crippen molar-refractivity contribution in [1.82, 2.24) is 14.5 Å². The van der Waals surface area contributed by atoms with Gasteiger partial charge < -0.3 is 4.90 Å². The summed E-state index contributed by atoms with van der Waals surface area (Å²) in [4.78, 5) is 31.5. The van der Waals surface area contributed by atoms with Crippen molar-refractivity contribution in [3.8, 4) is 0 Å². The zero-order chi connectivity index (χ0) is 15.0. The molecule has 0 saturated carbocycles. The number of hydrogen-bond acceptors (Lipinski definition) is 4. The van der Waals surface area contributed by atoms with Crippen molar-refractivity contribution in [2.24, 2.45) is 5.92 Å². The molecule has 1 saturated heterocycles. The third-order valence-electron chi connectivity index (χ3n) is 4.37. The molecule has 3 rings (SSSR count). The van der Waals surface area contributed by atoms with Crippen molar-refractivity contribution >= 4 is 17.7 Å². The Morgan fingerprint density at radius 2 is 2.10 bits per heavy atom. The van der Waals surface area contributed by atoms with Crippen molar-refractivity contribution in [3.63, 3.8) is 0 Å². The van der Waals surface area contributed by atoms with E-state index in [-0.39, 0.29) is 17.4 Å². The van der Waals surface area contributed by atoms with Gasteiger partial charge in [-0.25, -0.2) is 4.98 Å². The van der Waals surface area contributed by atoms with Crippen LogP contribution in [0.1, 0.15) is 31.0 Å². The average Bonchev–Trinajstić information content (AvgIpc) is 3.01. The summed E-state index contributed by atoms with van der Waals surface area (Å²) < 4.78 is 1.71. The Balaban J connectivity index is 1.87. The quantitative estimate of drug-likeness (QED) is 0.776. The number of nitrogens with zero attached hydrogens (tertiary/aromatic N) is 3. The van der Waals surface area contributed by atoms with E-state index in [0.717, 1.165) is 48.1 Å². The Hall–Kier alpha value is -1.30. The summed E-state index contributed by atoms with van der Waals surface area (Å²) in [7, 11) is 0. The number of rotatable bonds is 2. The molecule has 5 nitrogen and oxygen atoms in total. The van der Waals surface area contributed by atoms with E-state index in [2.05, 4.69) is 4.98 Å². The molecule has 2 aliphatic rings. The number of aryl methyl sites for hydroxylation is 1. The Morgan fingerprint density at radius 3 is 2.76 bits per heavy atom. The molecule has 1 aromatic heterocycles. The number of carbonyl (C=O) groups is 1. The van der Waals surface area contributed by atoms with Gasteiger partial charge in [0.05, 0.1) is 5.92 Å². The largest absolute Gasteiger partial charge is 0.342 e. The average molecular weight is 307 g/mol. The lowest BCUT2D eigenvalue weighted by atomic mass is 10.1. The third-order valence-corrected chi connectivity index (χ3v) is 5.51. The Kier molecular flexibility index (Phi) is 4.06. The second-order valence-electron chi connectivity index (χ2n) is 5.77. The molecule has 1 amide bonds. The maximum atomic E-state index is 12.5. The predicted molar refractivity (Wildman–Crippen MR) is 82.6 cm³/mol. The fourth-order valence-corrected chi connectivity index (χ4v) is 4.26. The third kappa shape index (κ3) is 2.61. The van der Waals surface area contributed by atoms with Crippen LogP contribution >= 0.6 is 11.8 Å². The number of amides is 1. The maximum Gasteiger partial charge on any atom is 0.257 e. The van der Waals surface area contributed by atoms with E-state index in [1.165, 1.54) is 11.8 Å². The van der Waals surface area contributed by atoms with Crippen molar-refractivity contribution < 1.29 is 4.79 Å². The molecule has 1 atom stereocenters. The van der Waals surface area contributed by atoms with Crippen LogP contribution in [0.25, 0.3) is 0 Å². The summed E-state index contributed by atoms with van der Waals surface area (Å²) in [5.74, 6) is 0.843. The molecule has 0 aromatic carbocycles. The van der Waals surface area contributed by atoms with E-state index in [9.17, 15) is 9.59 Å². The second-order valence-corrected chi connectivity index (χ2v) is 6.76. The smallest absolute Gasteiger partial charge is 0.257 e. The van der Waals surface area contributed by atoms with Crippen molar-refractivity contribution in [1.29, 1.82) is 0 Å². The fourth-order valence-electron chi connectivity index (χ4n) is 3.15. The van der Waals surface area contributed by atoms with Gasteiger partial charge in [0.2, 0.25) is 5.91 Å². The SMILES string of the molecule is CCc1c(C)nc2n(c1=O)CC(C(=O)N1CCCC1)CS2. The van der Waals surface area contributed by atoms with Gasteiger partial charge in [-0.15, -0.1) is 0 Å². The first-order valence-corrected chi connectivity index (χ1v) is 8.62. The molecule has 1 fully saturated rings. The molecule has 0 aliphatic carbocycles. The Labute approximate surface area is 128 Å². The number of hydrogen-bond donors (Lipinski definition) is 0. The molecule has 21 heavy (non-hydrogen) atoms. The van der Waals surface area contributed by atoms with Crippen molar-refractivity contribution in [3.05, 3.63) is 21.6 Å². The molecular formula is C15H21N3O2S. The number of likely N-dealkylation sites (tertiary alicyclic amines) is 1. The van der Waals surface area contributed by atoms with Crippen LogP contribution in [0.15, 0.2) is 9.95 Å². The molecule has 3 heterocycles. The standard InChI is InChI=1S/C15H21N3O2S/c1-3-12-10(2)16-15-18(14(12)20)8-11(9-21-15)13(19)17-6-4-5-7-17/h11H,3-9H2,1-2H3. The highest BCUT2D eigenvalue weighted by Gasteiger charge is 2.31. The maximum absolute atomic E-state index is 12.5. The second kappa shape index (κ2) is 5.83. The van der Waals surface area contributed by atoms with Gasteiger partial charge in [0.25, 0.3) is 5.56 Å². The molecule has 1 aromatic rings. The lowest BCUT2D eigenvalue weighted by Crippen LogP contribution is -2.42. The molecule has 6 heteroatoms. The van der Waals surface area contributed by atoms with Gasteiger partial charge in [-0.05, 0) is 26.2 Å². The van der Waals surface area contributed by atoms with Crippen LogP contribution in [0, 0.1) is 12.8 Å². The Morgan fingerprint density at radius 1 is 1.38 bits per heavy atom. The predicted octanol–water partition coefficient (Wildman–Crippen LogP) is 1.46. The molecule has 0 N–H and O–H groups in total. The van der Waals surface area contributed by atoms with Gasteiger partial charge in [-0.3, -0.25) is 14.2 Å². The summed E-state index contributed by atoms with van der Waals surface area (Å²) in [6.07, 6.45) is 2.89. The number of thioether (sulfide) groups is 1. The van der Waals surface area contributed by atoms with Crippen LogP contribution in [0.2, 0.25) is 0 Å². The number of aromatic nitrogens is 2. The summed E-state index contributed by atoms with van der Waals surface area (Å²) in [6.45, 7) is 6.09. The zero-order valence-electron chi connectivity index (χ0n) is 12.6. The minimum Gasteiger partial charge on any atom is -0.342 e. The van der Waals surface area contributed by atoms with Gasteiger partial charge in [-0.1, -0.05) is 18.7 Å². The fraction of sp³-hybridized carbons (Fsp3) is 0.667. The highest BCUT2D eigenvalue weighted by Crippen LogP contribution is 2.27. The number of carbonyl (C=O) groups excluding carboxylic acids is 1. The zero-order valence-corrected chi connectivity index (χ0v) is 13.4. The van der Waals surface area contributed by atoms with Crippen molar-refractivity contribution in [2.75, 3.05) is 18.8 Å². The first kappa shape index (κ1) is 14.6. The van der Waals surface area contributed by atoms with Crippen LogP contribution in [0.4, 0.5) is 0 Å².